The molecule has 1 saturated carbocycles. The molecule has 84 valence electrons. The average molecular weight is 209 g/mol. The second kappa shape index (κ2) is 5.28. The lowest BCUT2D eigenvalue weighted by Gasteiger charge is -2.17. The Bertz CT molecular complexity index is 273. The molecule has 2 unspecified atom stereocenters. The molecule has 0 bridgehead atoms. The van der Waals surface area contributed by atoms with E-state index in [1.54, 1.807) is 6.20 Å². The Morgan fingerprint density at radius 2 is 2.33 bits per heavy atom. The smallest absolute Gasteiger partial charge is 0.0490 e. The van der Waals surface area contributed by atoms with Gasteiger partial charge in [-0.25, -0.2) is 0 Å². The molecule has 0 aromatic carbocycles. The van der Waals surface area contributed by atoms with Crippen molar-refractivity contribution in [1.29, 1.82) is 0 Å². The molecule has 1 heterocycles. The number of nitrogens with one attached hydrogen (secondary N) is 2. The SMILES string of the molecule is OCC1CCCC1CNCc1ccn[nH]1. The van der Waals surface area contributed by atoms with Crippen LogP contribution < -0.4 is 5.32 Å². The Hall–Kier alpha value is -0.870. The zero-order valence-electron chi connectivity index (χ0n) is 8.95. The van der Waals surface area contributed by atoms with E-state index in [4.69, 9.17) is 0 Å². The van der Waals surface area contributed by atoms with E-state index in [-0.39, 0.29) is 0 Å². The first-order valence-electron chi connectivity index (χ1n) is 5.70. The van der Waals surface area contributed by atoms with Gasteiger partial charge in [-0.3, -0.25) is 5.10 Å². The van der Waals surface area contributed by atoms with Crippen molar-refractivity contribution in [2.45, 2.75) is 25.8 Å². The normalized spacial score (nSPS) is 25.9. The van der Waals surface area contributed by atoms with Crippen LogP contribution in [-0.4, -0.2) is 28.5 Å². The van der Waals surface area contributed by atoms with Crippen molar-refractivity contribution < 1.29 is 5.11 Å². The lowest BCUT2D eigenvalue weighted by Crippen LogP contribution is -2.26. The van der Waals surface area contributed by atoms with Crippen molar-refractivity contribution in [3.8, 4) is 0 Å². The molecule has 1 aromatic heterocycles. The Morgan fingerprint density at radius 3 is 3.07 bits per heavy atom. The van der Waals surface area contributed by atoms with E-state index in [1.807, 2.05) is 6.07 Å². The maximum atomic E-state index is 9.18. The van der Waals surface area contributed by atoms with E-state index in [1.165, 1.54) is 19.3 Å². The third-order valence-corrected chi connectivity index (χ3v) is 3.33. The molecule has 15 heavy (non-hydrogen) atoms. The number of hydrogen-bond donors (Lipinski definition) is 3. The average Bonchev–Trinajstić information content (AvgIpc) is 2.88. The Balaban J connectivity index is 1.69. The van der Waals surface area contributed by atoms with Crippen molar-refractivity contribution >= 4 is 0 Å². The van der Waals surface area contributed by atoms with Gasteiger partial charge in [-0.15, -0.1) is 0 Å². The first-order valence-corrected chi connectivity index (χ1v) is 5.70. The van der Waals surface area contributed by atoms with Crippen LogP contribution in [0.15, 0.2) is 12.3 Å². The zero-order chi connectivity index (χ0) is 10.5. The van der Waals surface area contributed by atoms with Gasteiger partial charge in [-0.05, 0) is 37.3 Å². The summed E-state index contributed by atoms with van der Waals surface area (Å²) in [6.45, 7) is 2.19. The molecule has 1 aliphatic rings. The van der Waals surface area contributed by atoms with E-state index in [0.29, 0.717) is 18.4 Å². The molecule has 1 fully saturated rings. The lowest BCUT2D eigenvalue weighted by molar-refractivity contribution is 0.192. The van der Waals surface area contributed by atoms with Gasteiger partial charge in [-0.1, -0.05) is 6.42 Å². The van der Waals surface area contributed by atoms with Crippen LogP contribution in [0.1, 0.15) is 25.0 Å². The number of aliphatic hydroxyl groups excluding tert-OH is 1. The van der Waals surface area contributed by atoms with Crippen LogP contribution in [0, 0.1) is 11.8 Å². The number of aliphatic hydroxyl groups is 1. The highest BCUT2D eigenvalue weighted by molar-refractivity contribution is 4.96. The summed E-state index contributed by atoms with van der Waals surface area (Å²) in [5, 5.41) is 19.4. The van der Waals surface area contributed by atoms with E-state index < -0.39 is 0 Å². The fourth-order valence-electron chi connectivity index (χ4n) is 2.40. The summed E-state index contributed by atoms with van der Waals surface area (Å²) in [5.41, 5.74) is 1.12. The summed E-state index contributed by atoms with van der Waals surface area (Å²) in [7, 11) is 0. The van der Waals surface area contributed by atoms with E-state index in [0.717, 1.165) is 18.8 Å². The van der Waals surface area contributed by atoms with Gasteiger partial charge >= 0.3 is 0 Å². The molecule has 0 saturated heterocycles. The quantitative estimate of drug-likeness (QED) is 0.675. The van der Waals surface area contributed by atoms with Crippen molar-refractivity contribution in [2.24, 2.45) is 11.8 Å². The van der Waals surface area contributed by atoms with Crippen LogP contribution in [-0.2, 0) is 6.54 Å². The molecule has 4 nitrogen and oxygen atoms in total. The van der Waals surface area contributed by atoms with Gasteiger partial charge in [0.2, 0.25) is 0 Å². The van der Waals surface area contributed by atoms with Crippen LogP contribution >= 0.6 is 0 Å². The molecule has 1 aliphatic carbocycles. The van der Waals surface area contributed by atoms with Gasteiger partial charge in [0, 0.05) is 25.0 Å². The van der Waals surface area contributed by atoms with Crippen molar-refractivity contribution in [2.75, 3.05) is 13.2 Å². The van der Waals surface area contributed by atoms with E-state index >= 15 is 0 Å². The monoisotopic (exact) mass is 209 g/mol. The van der Waals surface area contributed by atoms with Gasteiger partial charge in [0.05, 0.1) is 0 Å². The summed E-state index contributed by atoms with van der Waals surface area (Å²) in [5.74, 6) is 1.16. The first-order chi connectivity index (χ1) is 7.40. The molecular formula is C11H19N3O. The fourth-order valence-corrected chi connectivity index (χ4v) is 2.40. The molecule has 2 rings (SSSR count). The van der Waals surface area contributed by atoms with Gasteiger partial charge in [0.1, 0.15) is 0 Å². The third-order valence-electron chi connectivity index (χ3n) is 3.33. The number of H-pyrrole nitrogens is 1. The molecule has 2 atom stereocenters. The molecule has 0 spiro atoms. The Morgan fingerprint density at radius 1 is 1.47 bits per heavy atom. The molecule has 4 heteroatoms. The standard InChI is InChI=1S/C11H19N3O/c15-8-10-3-1-2-9(10)6-12-7-11-4-5-13-14-11/h4-5,9-10,12,15H,1-3,6-8H2,(H,13,14). The minimum Gasteiger partial charge on any atom is -0.396 e. The number of nitrogens with zero attached hydrogens (tertiary/aromatic N) is 1. The van der Waals surface area contributed by atoms with E-state index in [9.17, 15) is 5.11 Å². The maximum absolute atomic E-state index is 9.18. The summed E-state index contributed by atoms with van der Waals surface area (Å²) < 4.78 is 0. The van der Waals surface area contributed by atoms with Gasteiger partial charge < -0.3 is 10.4 Å². The van der Waals surface area contributed by atoms with Crippen LogP contribution in [0.2, 0.25) is 0 Å². The topological polar surface area (TPSA) is 60.9 Å². The van der Waals surface area contributed by atoms with Crippen molar-refractivity contribution in [1.82, 2.24) is 15.5 Å². The van der Waals surface area contributed by atoms with Crippen molar-refractivity contribution in [3.63, 3.8) is 0 Å². The fraction of sp³-hybridized carbons (Fsp3) is 0.727. The predicted octanol–water partition coefficient (Wildman–Crippen LogP) is 0.908. The van der Waals surface area contributed by atoms with Gasteiger partial charge in [0.15, 0.2) is 0 Å². The number of aromatic amines is 1. The largest absolute Gasteiger partial charge is 0.396 e. The second-order valence-corrected chi connectivity index (χ2v) is 4.35. The highest BCUT2D eigenvalue weighted by Crippen LogP contribution is 2.30. The molecular weight excluding hydrogens is 190 g/mol. The molecule has 0 radical (unpaired) electrons. The van der Waals surface area contributed by atoms with Crippen LogP contribution in [0.4, 0.5) is 0 Å². The van der Waals surface area contributed by atoms with Gasteiger partial charge in [0.25, 0.3) is 0 Å². The lowest BCUT2D eigenvalue weighted by atomic mass is 9.97. The summed E-state index contributed by atoms with van der Waals surface area (Å²) in [4.78, 5) is 0. The van der Waals surface area contributed by atoms with Crippen LogP contribution in [0.3, 0.4) is 0 Å². The predicted molar refractivity (Wildman–Crippen MR) is 58.2 cm³/mol. The maximum Gasteiger partial charge on any atom is 0.0490 e. The number of aromatic nitrogens is 2. The first kappa shape index (κ1) is 10.6. The number of rotatable bonds is 5. The molecule has 0 amide bonds. The minimum atomic E-state index is 0.344. The third kappa shape index (κ3) is 2.79. The molecule has 3 N–H and O–H groups in total. The van der Waals surface area contributed by atoms with E-state index in [2.05, 4.69) is 15.5 Å². The van der Waals surface area contributed by atoms with Crippen molar-refractivity contribution in [3.05, 3.63) is 18.0 Å². The summed E-state index contributed by atoms with van der Waals surface area (Å²) in [6.07, 6.45) is 5.47. The minimum absolute atomic E-state index is 0.344. The van der Waals surface area contributed by atoms with Crippen LogP contribution in [0.25, 0.3) is 0 Å². The zero-order valence-corrected chi connectivity index (χ0v) is 8.95. The Labute approximate surface area is 90.1 Å². The molecule has 0 aliphatic heterocycles. The number of hydrogen-bond acceptors (Lipinski definition) is 3. The van der Waals surface area contributed by atoms with Gasteiger partial charge in [-0.2, -0.15) is 5.10 Å². The molecule has 1 aromatic rings. The Kier molecular flexibility index (Phi) is 3.75. The highest BCUT2D eigenvalue weighted by atomic mass is 16.3. The van der Waals surface area contributed by atoms with Crippen LogP contribution in [0.5, 0.6) is 0 Å². The summed E-state index contributed by atoms with van der Waals surface area (Å²) >= 11 is 0. The highest BCUT2D eigenvalue weighted by Gasteiger charge is 2.25. The summed E-state index contributed by atoms with van der Waals surface area (Å²) in [6, 6.07) is 1.98. The second-order valence-electron chi connectivity index (χ2n) is 4.35.